The van der Waals surface area contributed by atoms with Crippen LogP contribution in [0.25, 0.3) is 17.2 Å². The number of likely N-dealkylation sites (tertiary alicyclic amines) is 2. The molecule has 1 N–H and O–H groups in total. The van der Waals surface area contributed by atoms with E-state index in [-0.39, 0.29) is 11.8 Å². The summed E-state index contributed by atoms with van der Waals surface area (Å²) in [5.41, 5.74) is 4.26. The highest BCUT2D eigenvalue weighted by Gasteiger charge is 2.30. The SMILES string of the molecule is C=N/C(=C\c1cc(-c2cnn(C)c2)ccc1C)NC(=O)C1CCN(C2CCN(C)CC2)CC1. The third kappa shape index (κ3) is 5.78. The van der Waals surface area contributed by atoms with Gasteiger partial charge in [0.15, 0.2) is 0 Å². The molecule has 7 nitrogen and oxygen atoms in total. The molecular weight excluding hydrogens is 412 g/mol. The monoisotopic (exact) mass is 448 g/mol. The second-order valence-corrected chi connectivity index (χ2v) is 9.50. The summed E-state index contributed by atoms with van der Waals surface area (Å²) >= 11 is 0. The fourth-order valence-corrected chi connectivity index (χ4v) is 4.93. The van der Waals surface area contributed by atoms with Gasteiger partial charge in [-0.25, -0.2) is 4.99 Å². The lowest BCUT2D eigenvalue weighted by Gasteiger charge is -2.40. The highest BCUT2D eigenvalue weighted by Crippen LogP contribution is 2.25. The number of aryl methyl sites for hydroxylation is 2. The van der Waals surface area contributed by atoms with Gasteiger partial charge in [0.2, 0.25) is 5.91 Å². The third-order valence-electron chi connectivity index (χ3n) is 7.14. The van der Waals surface area contributed by atoms with E-state index in [0.717, 1.165) is 48.2 Å². The number of nitrogens with zero attached hydrogens (tertiary/aromatic N) is 5. The van der Waals surface area contributed by atoms with Crippen molar-refractivity contribution in [2.75, 3.05) is 33.2 Å². The van der Waals surface area contributed by atoms with Crippen molar-refractivity contribution in [1.82, 2.24) is 24.9 Å². The molecule has 7 heteroatoms. The number of carbonyl (C=O) groups is 1. The molecule has 0 bridgehead atoms. The lowest BCUT2D eigenvalue weighted by Crippen LogP contribution is -2.48. The van der Waals surface area contributed by atoms with Crippen LogP contribution in [-0.2, 0) is 11.8 Å². The zero-order valence-electron chi connectivity index (χ0n) is 20.1. The summed E-state index contributed by atoms with van der Waals surface area (Å²) in [5, 5.41) is 7.29. The molecule has 2 fully saturated rings. The fraction of sp³-hybridized carbons (Fsp3) is 0.500. The minimum absolute atomic E-state index is 0.0282. The van der Waals surface area contributed by atoms with Crippen LogP contribution in [-0.4, -0.2) is 71.5 Å². The Labute approximate surface area is 197 Å². The lowest BCUT2D eigenvalue weighted by molar-refractivity contribution is -0.126. The zero-order chi connectivity index (χ0) is 23.4. The van der Waals surface area contributed by atoms with Crippen molar-refractivity contribution in [3.05, 3.63) is 47.5 Å². The van der Waals surface area contributed by atoms with E-state index in [1.165, 1.54) is 25.9 Å². The van der Waals surface area contributed by atoms with Gasteiger partial charge in [-0.3, -0.25) is 9.48 Å². The Morgan fingerprint density at radius 2 is 1.85 bits per heavy atom. The Hall–Kier alpha value is -2.77. The Balaban J connectivity index is 1.38. The van der Waals surface area contributed by atoms with Crippen molar-refractivity contribution in [2.45, 2.75) is 38.6 Å². The van der Waals surface area contributed by atoms with Crippen LogP contribution in [0.4, 0.5) is 0 Å². The van der Waals surface area contributed by atoms with E-state index in [1.807, 2.05) is 25.5 Å². The molecule has 0 saturated carbocycles. The van der Waals surface area contributed by atoms with Crippen LogP contribution in [0.5, 0.6) is 0 Å². The van der Waals surface area contributed by atoms with Gasteiger partial charge in [0, 0.05) is 30.8 Å². The van der Waals surface area contributed by atoms with Gasteiger partial charge in [0.05, 0.1) is 6.20 Å². The molecular formula is C26H36N6O. The van der Waals surface area contributed by atoms with Gasteiger partial charge in [-0.15, -0.1) is 0 Å². The van der Waals surface area contributed by atoms with Crippen LogP contribution in [0.2, 0.25) is 0 Å². The van der Waals surface area contributed by atoms with Crippen molar-refractivity contribution in [3.8, 4) is 11.1 Å². The first kappa shape index (κ1) is 23.4. The molecule has 1 amide bonds. The molecule has 3 heterocycles. The number of rotatable bonds is 6. The first-order chi connectivity index (χ1) is 15.9. The molecule has 0 spiro atoms. The zero-order valence-corrected chi connectivity index (χ0v) is 20.1. The van der Waals surface area contributed by atoms with Gasteiger partial charge < -0.3 is 15.1 Å². The van der Waals surface area contributed by atoms with E-state index in [2.05, 4.69) is 64.1 Å². The Kier molecular flexibility index (Phi) is 7.40. The van der Waals surface area contributed by atoms with Gasteiger partial charge in [0.1, 0.15) is 5.82 Å². The van der Waals surface area contributed by atoms with Crippen molar-refractivity contribution in [2.24, 2.45) is 18.0 Å². The molecule has 0 aliphatic carbocycles. The maximum atomic E-state index is 13.0. The van der Waals surface area contributed by atoms with E-state index in [1.54, 1.807) is 4.68 Å². The number of aromatic nitrogens is 2. The molecule has 2 aromatic rings. The summed E-state index contributed by atoms with van der Waals surface area (Å²) in [7, 11) is 4.11. The first-order valence-corrected chi connectivity index (χ1v) is 11.9. The smallest absolute Gasteiger partial charge is 0.228 e. The first-order valence-electron chi connectivity index (χ1n) is 11.9. The standard InChI is InChI=1S/C26H36N6O/c1-19-5-6-21(23-17-28-31(4)18-23)15-22(19)16-25(27-2)29-26(33)20-7-13-32(14-8-20)24-9-11-30(3)12-10-24/h5-6,15-18,20,24H,2,7-14H2,1,3-4H3,(H,29,33)/b25-16+. The molecule has 33 heavy (non-hydrogen) atoms. The molecule has 4 rings (SSSR count). The molecule has 1 aromatic heterocycles. The van der Waals surface area contributed by atoms with Crippen LogP contribution >= 0.6 is 0 Å². The molecule has 0 unspecified atom stereocenters. The highest BCUT2D eigenvalue weighted by molar-refractivity contribution is 5.82. The summed E-state index contributed by atoms with van der Waals surface area (Å²) in [5.74, 6) is 0.586. The summed E-state index contributed by atoms with van der Waals surface area (Å²) in [6.45, 7) is 10.1. The number of piperidine rings is 2. The second kappa shape index (κ2) is 10.4. The highest BCUT2D eigenvalue weighted by atomic mass is 16.2. The van der Waals surface area contributed by atoms with Crippen LogP contribution in [0.1, 0.15) is 36.8 Å². The molecule has 0 radical (unpaired) electrons. The van der Waals surface area contributed by atoms with Crippen LogP contribution in [0.3, 0.4) is 0 Å². The largest absolute Gasteiger partial charge is 0.310 e. The van der Waals surface area contributed by atoms with Crippen LogP contribution in [0, 0.1) is 12.8 Å². The Bertz CT molecular complexity index is 1010. The average molecular weight is 449 g/mol. The van der Waals surface area contributed by atoms with E-state index in [9.17, 15) is 4.79 Å². The molecule has 2 saturated heterocycles. The van der Waals surface area contributed by atoms with Gasteiger partial charge >= 0.3 is 0 Å². The van der Waals surface area contributed by atoms with Crippen LogP contribution < -0.4 is 5.32 Å². The maximum absolute atomic E-state index is 13.0. The number of hydrogen-bond donors (Lipinski definition) is 1. The topological polar surface area (TPSA) is 65.8 Å². The van der Waals surface area contributed by atoms with E-state index in [4.69, 9.17) is 0 Å². The van der Waals surface area contributed by atoms with Gasteiger partial charge in [0.25, 0.3) is 0 Å². The fourth-order valence-electron chi connectivity index (χ4n) is 4.93. The molecule has 176 valence electrons. The average Bonchev–Trinajstić information content (AvgIpc) is 3.26. The Morgan fingerprint density at radius 1 is 1.12 bits per heavy atom. The summed E-state index contributed by atoms with van der Waals surface area (Å²) < 4.78 is 1.79. The van der Waals surface area contributed by atoms with Crippen LogP contribution in [0.15, 0.2) is 41.4 Å². The predicted molar refractivity (Wildman–Crippen MR) is 134 cm³/mol. The van der Waals surface area contributed by atoms with E-state index < -0.39 is 0 Å². The van der Waals surface area contributed by atoms with E-state index >= 15 is 0 Å². The predicted octanol–water partition coefficient (Wildman–Crippen LogP) is 3.32. The molecule has 2 aliphatic heterocycles. The second-order valence-electron chi connectivity index (χ2n) is 9.50. The number of benzene rings is 1. The maximum Gasteiger partial charge on any atom is 0.228 e. The quantitative estimate of drug-likeness (QED) is 0.689. The van der Waals surface area contributed by atoms with Gasteiger partial charge in [-0.1, -0.05) is 12.1 Å². The number of nitrogens with one attached hydrogen (secondary N) is 1. The van der Waals surface area contributed by atoms with Crippen molar-refractivity contribution >= 4 is 18.7 Å². The third-order valence-corrected chi connectivity index (χ3v) is 7.14. The lowest BCUT2D eigenvalue weighted by atomic mass is 9.93. The van der Waals surface area contributed by atoms with Crippen molar-refractivity contribution in [1.29, 1.82) is 0 Å². The van der Waals surface area contributed by atoms with Crippen molar-refractivity contribution in [3.63, 3.8) is 0 Å². The molecule has 1 aromatic carbocycles. The number of aliphatic imine (C=N–C) groups is 1. The van der Waals surface area contributed by atoms with Gasteiger partial charge in [-0.2, -0.15) is 5.10 Å². The Morgan fingerprint density at radius 3 is 2.48 bits per heavy atom. The number of amides is 1. The molecule has 0 atom stereocenters. The van der Waals surface area contributed by atoms with Crippen molar-refractivity contribution < 1.29 is 4.79 Å². The minimum atomic E-state index is 0.0282. The number of hydrogen-bond acceptors (Lipinski definition) is 5. The summed E-state index contributed by atoms with van der Waals surface area (Å²) in [4.78, 5) is 22.1. The minimum Gasteiger partial charge on any atom is -0.310 e. The van der Waals surface area contributed by atoms with E-state index in [0.29, 0.717) is 11.9 Å². The van der Waals surface area contributed by atoms with Gasteiger partial charge in [-0.05, 0) is 101 Å². The summed E-state index contributed by atoms with van der Waals surface area (Å²) in [6.07, 6.45) is 10.0. The number of carbonyl (C=O) groups excluding carboxylic acids is 1. The molecule has 2 aliphatic rings. The summed E-state index contributed by atoms with van der Waals surface area (Å²) in [6, 6.07) is 6.94. The normalized spacial score (nSPS) is 19.5.